The Kier molecular flexibility index (Phi) is 4.81. The van der Waals surface area contributed by atoms with Crippen LogP contribution in [0.15, 0.2) is 24.3 Å². The minimum absolute atomic E-state index is 0.198. The molecule has 3 nitrogen and oxygen atoms in total. The molecule has 2 rings (SSSR count). The summed E-state index contributed by atoms with van der Waals surface area (Å²) in [6.45, 7) is 6.77. The van der Waals surface area contributed by atoms with E-state index in [0.717, 1.165) is 32.4 Å². The number of nitrogens with one attached hydrogen (secondary N) is 1. The van der Waals surface area contributed by atoms with Gasteiger partial charge in [-0.1, -0.05) is 36.8 Å². The summed E-state index contributed by atoms with van der Waals surface area (Å²) in [5.74, 6) is 0.286. The normalized spacial score (nSPS) is 22.6. The lowest BCUT2D eigenvalue weighted by atomic mass is 9.77. The predicted octanol–water partition coefficient (Wildman–Crippen LogP) is 2.73. The number of benzene rings is 1. The second-order valence-corrected chi connectivity index (χ2v) is 6.06. The van der Waals surface area contributed by atoms with Gasteiger partial charge in [-0.3, -0.25) is 4.79 Å². The molecule has 0 spiro atoms. The Morgan fingerprint density at radius 3 is 2.85 bits per heavy atom. The van der Waals surface area contributed by atoms with Gasteiger partial charge in [0.25, 0.3) is 0 Å². The minimum atomic E-state index is -0.198. The molecule has 1 heterocycles. The fraction of sp³-hybridized carbons (Fsp3) is 0.588. The molecule has 0 bridgehead atoms. The summed E-state index contributed by atoms with van der Waals surface area (Å²) in [5, 5.41) is 3.39. The van der Waals surface area contributed by atoms with Gasteiger partial charge >= 0.3 is 0 Å². The van der Waals surface area contributed by atoms with Crippen LogP contribution in [-0.2, 0) is 11.3 Å². The van der Waals surface area contributed by atoms with Crippen molar-refractivity contribution in [3.63, 3.8) is 0 Å². The first-order valence-electron chi connectivity index (χ1n) is 7.59. The second-order valence-electron chi connectivity index (χ2n) is 6.06. The van der Waals surface area contributed by atoms with Crippen LogP contribution in [-0.4, -0.2) is 30.9 Å². The number of aryl methyl sites for hydroxylation is 1. The molecule has 1 N–H and O–H groups in total. The molecule has 1 aliphatic heterocycles. The first-order valence-corrected chi connectivity index (χ1v) is 7.59. The first-order chi connectivity index (χ1) is 9.57. The van der Waals surface area contributed by atoms with E-state index in [1.165, 1.54) is 11.1 Å². The van der Waals surface area contributed by atoms with Crippen LogP contribution >= 0.6 is 0 Å². The number of hydrogen-bond donors (Lipinski definition) is 1. The van der Waals surface area contributed by atoms with Gasteiger partial charge in [0, 0.05) is 20.1 Å². The van der Waals surface area contributed by atoms with E-state index in [1.54, 1.807) is 0 Å². The zero-order chi connectivity index (χ0) is 14.6. The summed E-state index contributed by atoms with van der Waals surface area (Å²) in [6, 6.07) is 8.39. The molecule has 1 saturated heterocycles. The fourth-order valence-electron chi connectivity index (χ4n) is 3.16. The van der Waals surface area contributed by atoms with Crippen molar-refractivity contribution in [2.24, 2.45) is 5.41 Å². The lowest BCUT2D eigenvalue weighted by Crippen LogP contribution is -2.50. The highest BCUT2D eigenvalue weighted by Crippen LogP contribution is 2.32. The molecule has 1 aromatic rings. The molecule has 1 aliphatic rings. The van der Waals surface area contributed by atoms with Gasteiger partial charge in [0.2, 0.25) is 5.91 Å². The third-order valence-corrected chi connectivity index (χ3v) is 4.45. The lowest BCUT2D eigenvalue weighted by Gasteiger charge is -2.38. The molecule has 3 heteroatoms. The van der Waals surface area contributed by atoms with Gasteiger partial charge in [-0.2, -0.15) is 0 Å². The summed E-state index contributed by atoms with van der Waals surface area (Å²) in [4.78, 5) is 14.7. The Morgan fingerprint density at radius 2 is 2.25 bits per heavy atom. The smallest absolute Gasteiger partial charge is 0.230 e. The summed E-state index contributed by atoms with van der Waals surface area (Å²) in [5.41, 5.74) is 2.25. The molecule has 1 fully saturated rings. The van der Waals surface area contributed by atoms with Crippen LogP contribution in [0.4, 0.5) is 0 Å². The average Bonchev–Trinajstić information content (AvgIpc) is 2.47. The van der Waals surface area contributed by atoms with Crippen molar-refractivity contribution in [1.82, 2.24) is 10.2 Å². The van der Waals surface area contributed by atoms with Crippen LogP contribution in [0.1, 0.15) is 37.3 Å². The highest BCUT2D eigenvalue weighted by molar-refractivity contribution is 5.83. The molecule has 20 heavy (non-hydrogen) atoms. The number of amides is 1. The van der Waals surface area contributed by atoms with Crippen molar-refractivity contribution in [2.75, 3.05) is 20.1 Å². The number of nitrogens with zero attached hydrogens (tertiary/aromatic N) is 1. The standard InChI is InChI=1S/C17H26N2O/c1-4-17(9-6-10-18-13-17)16(20)19(3)12-15-8-5-7-14(2)11-15/h5,7-8,11,18H,4,6,9-10,12-13H2,1-3H3. The van der Waals surface area contributed by atoms with Crippen LogP contribution in [0.3, 0.4) is 0 Å². The van der Waals surface area contributed by atoms with Crippen LogP contribution in [0.5, 0.6) is 0 Å². The Balaban J connectivity index is 2.07. The van der Waals surface area contributed by atoms with Gasteiger partial charge in [-0.15, -0.1) is 0 Å². The Bertz CT molecular complexity index is 464. The van der Waals surface area contributed by atoms with Crippen LogP contribution in [0.25, 0.3) is 0 Å². The largest absolute Gasteiger partial charge is 0.341 e. The molecule has 1 aromatic carbocycles. The van der Waals surface area contributed by atoms with Crippen LogP contribution in [0.2, 0.25) is 0 Å². The molecule has 0 aromatic heterocycles. The molecule has 0 radical (unpaired) electrons. The maximum absolute atomic E-state index is 12.8. The van der Waals surface area contributed by atoms with E-state index in [0.29, 0.717) is 6.54 Å². The van der Waals surface area contributed by atoms with E-state index < -0.39 is 0 Å². The topological polar surface area (TPSA) is 32.3 Å². The second kappa shape index (κ2) is 6.40. The van der Waals surface area contributed by atoms with Gasteiger partial charge in [0.05, 0.1) is 5.41 Å². The van der Waals surface area contributed by atoms with Crippen molar-refractivity contribution in [3.05, 3.63) is 35.4 Å². The van der Waals surface area contributed by atoms with Gasteiger partial charge in [-0.25, -0.2) is 0 Å². The number of piperidine rings is 1. The van der Waals surface area contributed by atoms with E-state index in [2.05, 4.69) is 43.4 Å². The Hall–Kier alpha value is -1.35. The molecule has 1 atom stereocenters. The highest BCUT2D eigenvalue weighted by Gasteiger charge is 2.39. The average molecular weight is 274 g/mol. The molecular formula is C17H26N2O. The maximum Gasteiger partial charge on any atom is 0.230 e. The summed E-state index contributed by atoms with van der Waals surface area (Å²) in [6.07, 6.45) is 3.02. The Labute approximate surface area is 122 Å². The quantitative estimate of drug-likeness (QED) is 0.915. The van der Waals surface area contributed by atoms with E-state index in [-0.39, 0.29) is 11.3 Å². The van der Waals surface area contributed by atoms with Gasteiger partial charge in [-0.05, 0) is 38.3 Å². The molecule has 1 amide bonds. The van der Waals surface area contributed by atoms with Gasteiger partial charge in [0.15, 0.2) is 0 Å². The third kappa shape index (κ3) is 3.21. The molecular weight excluding hydrogens is 248 g/mol. The fourth-order valence-corrected chi connectivity index (χ4v) is 3.16. The monoisotopic (exact) mass is 274 g/mol. The van der Waals surface area contributed by atoms with Crippen LogP contribution < -0.4 is 5.32 Å². The summed E-state index contributed by atoms with van der Waals surface area (Å²) in [7, 11) is 1.93. The van der Waals surface area contributed by atoms with E-state index in [9.17, 15) is 4.79 Å². The zero-order valence-electron chi connectivity index (χ0n) is 12.9. The third-order valence-electron chi connectivity index (χ3n) is 4.45. The Morgan fingerprint density at radius 1 is 1.45 bits per heavy atom. The molecule has 0 aliphatic carbocycles. The first kappa shape index (κ1) is 15.0. The van der Waals surface area contributed by atoms with Gasteiger partial charge in [0.1, 0.15) is 0 Å². The molecule has 110 valence electrons. The van der Waals surface area contributed by atoms with E-state index in [4.69, 9.17) is 0 Å². The lowest BCUT2D eigenvalue weighted by molar-refractivity contribution is -0.142. The number of hydrogen-bond acceptors (Lipinski definition) is 2. The molecule has 0 saturated carbocycles. The van der Waals surface area contributed by atoms with E-state index in [1.807, 2.05) is 11.9 Å². The van der Waals surface area contributed by atoms with Crippen molar-refractivity contribution >= 4 is 5.91 Å². The van der Waals surface area contributed by atoms with Crippen LogP contribution in [0, 0.1) is 12.3 Å². The predicted molar refractivity (Wildman–Crippen MR) is 82.5 cm³/mol. The van der Waals surface area contributed by atoms with Gasteiger partial charge < -0.3 is 10.2 Å². The molecule has 1 unspecified atom stereocenters. The minimum Gasteiger partial charge on any atom is -0.341 e. The maximum atomic E-state index is 12.8. The number of rotatable bonds is 4. The van der Waals surface area contributed by atoms with E-state index >= 15 is 0 Å². The van der Waals surface area contributed by atoms with Crippen molar-refractivity contribution in [3.8, 4) is 0 Å². The number of carbonyl (C=O) groups is 1. The zero-order valence-corrected chi connectivity index (χ0v) is 12.9. The summed E-state index contributed by atoms with van der Waals surface area (Å²) >= 11 is 0. The van der Waals surface area contributed by atoms with Crippen molar-refractivity contribution < 1.29 is 4.79 Å². The SMILES string of the molecule is CCC1(C(=O)N(C)Cc2cccc(C)c2)CCCNC1. The highest BCUT2D eigenvalue weighted by atomic mass is 16.2. The van der Waals surface area contributed by atoms with Crippen molar-refractivity contribution in [1.29, 1.82) is 0 Å². The van der Waals surface area contributed by atoms with Crippen molar-refractivity contribution in [2.45, 2.75) is 39.7 Å². The summed E-state index contributed by atoms with van der Waals surface area (Å²) < 4.78 is 0. The number of carbonyl (C=O) groups excluding carboxylic acids is 1.